The standard InChI is InChI=1S/C25H24N2O2S/c1-18(2)17-29-22-15-13-21(14-16-22)26-25(30)27-24(28)23(19-9-5-3-6-10-19)20-11-7-4-8-12-20/h3-16,23H,1,17H2,2H3,(H2,26,27,28,30). The van der Waals surface area contributed by atoms with Crippen molar-refractivity contribution in [2.24, 2.45) is 0 Å². The first-order valence-corrected chi connectivity index (χ1v) is 10.0. The molecule has 3 aromatic rings. The second-order valence-electron chi connectivity index (χ2n) is 6.97. The molecule has 152 valence electrons. The van der Waals surface area contributed by atoms with Crippen molar-refractivity contribution in [3.05, 3.63) is 108 Å². The molecular formula is C25H24N2O2S. The molecule has 3 aromatic carbocycles. The summed E-state index contributed by atoms with van der Waals surface area (Å²) in [6.07, 6.45) is 0. The number of ether oxygens (including phenoxy) is 1. The highest BCUT2D eigenvalue weighted by molar-refractivity contribution is 7.80. The summed E-state index contributed by atoms with van der Waals surface area (Å²) >= 11 is 5.36. The molecule has 0 fully saturated rings. The van der Waals surface area contributed by atoms with Gasteiger partial charge in [-0.15, -0.1) is 0 Å². The van der Waals surface area contributed by atoms with E-state index in [1.807, 2.05) is 91.9 Å². The highest BCUT2D eigenvalue weighted by Crippen LogP contribution is 2.25. The van der Waals surface area contributed by atoms with Crippen molar-refractivity contribution in [1.82, 2.24) is 5.32 Å². The van der Waals surface area contributed by atoms with Crippen molar-refractivity contribution in [2.45, 2.75) is 12.8 Å². The average Bonchev–Trinajstić information content (AvgIpc) is 2.75. The quantitative estimate of drug-likeness (QED) is 0.406. The number of carbonyl (C=O) groups is 1. The third-order valence-electron chi connectivity index (χ3n) is 4.36. The van der Waals surface area contributed by atoms with E-state index in [4.69, 9.17) is 17.0 Å². The molecule has 0 saturated carbocycles. The minimum atomic E-state index is -0.454. The molecule has 0 bridgehead atoms. The zero-order valence-corrected chi connectivity index (χ0v) is 17.6. The van der Waals surface area contributed by atoms with E-state index >= 15 is 0 Å². The Kier molecular flexibility index (Phi) is 7.35. The van der Waals surface area contributed by atoms with Gasteiger partial charge in [0.05, 0.1) is 5.92 Å². The molecule has 0 heterocycles. The summed E-state index contributed by atoms with van der Waals surface area (Å²) < 4.78 is 5.59. The van der Waals surface area contributed by atoms with Gasteiger partial charge in [0.25, 0.3) is 0 Å². The van der Waals surface area contributed by atoms with Crippen molar-refractivity contribution in [3.63, 3.8) is 0 Å². The van der Waals surface area contributed by atoms with Crippen LogP contribution in [0.3, 0.4) is 0 Å². The number of nitrogens with one attached hydrogen (secondary N) is 2. The fraction of sp³-hybridized carbons (Fsp3) is 0.120. The molecule has 0 atom stereocenters. The zero-order chi connectivity index (χ0) is 21.3. The van der Waals surface area contributed by atoms with Crippen molar-refractivity contribution >= 4 is 28.9 Å². The minimum Gasteiger partial charge on any atom is -0.489 e. The SMILES string of the molecule is C=C(C)COc1ccc(NC(=S)NC(=O)C(c2ccccc2)c2ccccc2)cc1. The van der Waals surface area contributed by atoms with Gasteiger partial charge in [0.1, 0.15) is 12.4 Å². The predicted octanol–water partition coefficient (Wildman–Crippen LogP) is 5.29. The van der Waals surface area contributed by atoms with Gasteiger partial charge >= 0.3 is 0 Å². The molecule has 30 heavy (non-hydrogen) atoms. The third-order valence-corrected chi connectivity index (χ3v) is 4.57. The number of anilines is 1. The fourth-order valence-corrected chi connectivity index (χ4v) is 3.19. The number of hydrogen-bond acceptors (Lipinski definition) is 3. The topological polar surface area (TPSA) is 50.4 Å². The van der Waals surface area contributed by atoms with E-state index < -0.39 is 5.92 Å². The summed E-state index contributed by atoms with van der Waals surface area (Å²) in [5.41, 5.74) is 3.53. The lowest BCUT2D eigenvalue weighted by Gasteiger charge is -2.18. The zero-order valence-electron chi connectivity index (χ0n) is 16.8. The van der Waals surface area contributed by atoms with Gasteiger partial charge in [0.2, 0.25) is 5.91 Å². The lowest BCUT2D eigenvalue weighted by atomic mass is 9.90. The van der Waals surface area contributed by atoms with Crippen LogP contribution in [0.15, 0.2) is 97.1 Å². The molecule has 5 heteroatoms. The Morgan fingerprint density at radius 1 is 0.933 bits per heavy atom. The minimum absolute atomic E-state index is 0.189. The van der Waals surface area contributed by atoms with Gasteiger partial charge in [0, 0.05) is 5.69 Å². The first-order valence-electron chi connectivity index (χ1n) is 9.62. The third kappa shape index (κ3) is 6.03. The normalized spacial score (nSPS) is 10.3. The molecule has 1 amide bonds. The molecule has 0 saturated heterocycles. The second kappa shape index (κ2) is 10.4. The largest absolute Gasteiger partial charge is 0.489 e. The van der Waals surface area contributed by atoms with Gasteiger partial charge in [0.15, 0.2) is 5.11 Å². The van der Waals surface area contributed by atoms with Crippen LogP contribution < -0.4 is 15.4 Å². The average molecular weight is 417 g/mol. The van der Waals surface area contributed by atoms with E-state index in [-0.39, 0.29) is 11.0 Å². The summed E-state index contributed by atoms with van der Waals surface area (Å²) in [5.74, 6) is 0.100. The van der Waals surface area contributed by atoms with E-state index in [2.05, 4.69) is 17.2 Å². The molecule has 0 spiro atoms. The number of amides is 1. The number of hydrogen-bond donors (Lipinski definition) is 2. The lowest BCUT2D eigenvalue weighted by Crippen LogP contribution is -2.37. The van der Waals surface area contributed by atoms with Crippen molar-refractivity contribution in [3.8, 4) is 5.75 Å². The molecule has 0 radical (unpaired) electrons. The Labute approximate surface area is 182 Å². The Balaban J connectivity index is 1.67. The van der Waals surface area contributed by atoms with Crippen molar-refractivity contribution < 1.29 is 9.53 Å². The highest BCUT2D eigenvalue weighted by Gasteiger charge is 2.23. The lowest BCUT2D eigenvalue weighted by molar-refractivity contribution is -0.120. The van der Waals surface area contributed by atoms with Crippen LogP contribution in [0.4, 0.5) is 5.69 Å². The Hall–Kier alpha value is -3.44. The number of rotatable bonds is 7. The molecule has 0 aliphatic carbocycles. The van der Waals surface area contributed by atoms with Crippen molar-refractivity contribution in [2.75, 3.05) is 11.9 Å². The molecule has 4 nitrogen and oxygen atoms in total. The Morgan fingerprint density at radius 3 is 1.97 bits per heavy atom. The molecule has 2 N–H and O–H groups in total. The Morgan fingerprint density at radius 2 is 1.47 bits per heavy atom. The second-order valence-corrected chi connectivity index (χ2v) is 7.38. The molecule has 0 aliphatic heterocycles. The first kappa shape index (κ1) is 21.3. The van der Waals surface area contributed by atoms with Crippen LogP contribution in [0.2, 0.25) is 0 Å². The maximum atomic E-state index is 13.1. The van der Waals surface area contributed by atoms with Gasteiger partial charge in [-0.05, 0) is 60.1 Å². The molecule has 0 unspecified atom stereocenters. The summed E-state index contributed by atoms with van der Waals surface area (Å²) in [6, 6.07) is 26.7. The van der Waals surface area contributed by atoms with Crippen LogP contribution in [-0.4, -0.2) is 17.6 Å². The molecule has 0 aromatic heterocycles. The van der Waals surface area contributed by atoms with Crippen LogP contribution >= 0.6 is 12.2 Å². The summed E-state index contributed by atoms with van der Waals surface area (Å²) in [7, 11) is 0. The number of benzene rings is 3. The predicted molar refractivity (Wildman–Crippen MR) is 126 cm³/mol. The van der Waals surface area contributed by atoms with Crippen LogP contribution in [0.1, 0.15) is 24.0 Å². The number of carbonyl (C=O) groups excluding carboxylic acids is 1. The molecular weight excluding hydrogens is 392 g/mol. The van der Waals surface area contributed by atoms with E-state index in [9.17, 15) is 4.79 Å². The monoisotopic (exact) mass is 416 g/mol. The fourth-order valence-electron chi connectivity index (χ4n) is 2.97. The Bertz CT molecular complexity index is 963. The molecule has 3 rings (SSSR count). The van der Waals surface area contributed by atoms with E-state index in [0.29, 0.717) is 6.61 Å². The van der Waals surface area contributed by atoms with Gasteiger partial charge in [-0.2, -0.15) is 0 Å². The maximum absolute atomic E-state index is 13.1. The highest BCUT2D eigenvalue weighted by atomic mass is 32.1. The van der Waals surface area contributed by atoms with Crippen LogP contribution in [0, 0.1) is 0 Å². The van der Waals surface area contributed by atoms with E-state index in [1.54, 1.807) is 0 Å². The maximum Gasteiger partial charge on any atom is 0.238 e. The number of thiocarbonyl (C=S) groups is 1. The summed E-state index contributed by atoms with van der Waals surface area (Å²) in [4.78, 5) is 13.1. The van der Waals surface area contributed by atoms with Crippen LogP contribution in [-0.2, 0) is 4.79 Å². The van der Waals surface area contributed by atoms with Crippen LogP contribution in [0.25, 0.3) is 0 Å². The van der Waals surface area contributed by atoms with Crippen molar-refractivity contribution in [1.29, 1.82) is 0 Å². The van der Waals surface area contributed by atoms with E-state index in [0.717, 1.165) is 28.1 Å². The van der Waals surface area contributed by atoms with Gasteiger partial charge < -0.3 is 15.4 Å². The van der Waals surface area contributed by atoms with E-state index in [1.165, 1.54) is 0 Å². The molecule has 0 aliphatic rings. The van der Waals surface area contributed by atoms with Gasteiger partial charge in [-0.25, -0.2) is 0 Å². The van der Waals surface area contributed by atoms with Gasteiger partial charge in [-0.3, -0.25) is 4.79 Å². The van der Waals surface area contributed by atoms with Gasteiger partial charge in [-0.1, -0.05) is 67.2 Å². The summed E-state index contributed by atoms with van der Waals surface area (Å²) in [5, 5.41) is 6.11. The summed E-state index contributed by atoms with van der Waals surface area (Å²) in [6.45, 7) is 6.20. The van der Waals surface area contributed by atoms with Crippen LogP contribution in [0.5, 0.6) is 5.75 Å². The smallest absolute Gasteiger partial charge is 0.238 e. The first-order chi connectivity index (χ1) is 14.5.